The number of aliphatic hydroxyl groups excluding tert-OH is 1. The van der Waals surface area contributed by atoms with Gasteiger partial charge >= 0.3 is 0 Å². The van der Waals surface area contributed by atoms with Gasteiger partial charge in [-0.2, -0.15) is 0 Å². The second kappa shape index (κ2) is 2.98. The summed E-state index contributed by atoms with van der Waals surface area (Å²) in [5.74, 6) is 1.29. The van der Waals surface area contributed by atoms with Crippen LogP contribution in [0, 0.1) is 11.8 Å². The minimum absolute atomic E-state index is 0.00120. The fraction of sp³-hybridized carbons (Fsp3) is 0.800. The SMILES string of the molecule is OC1CCCC2C=CCCC12. The molecule has 0 aromatic heterocycles. The zero-order valence-corrected chi connectivity index (χ0v) is 6.87. The fourth-order valence-electron chi connectivity index (χ4n) is 2.48. The van der Waals surface area contributed by atoms with Crippen LogP contribution >= 0.6 is 0 Å². The van der Waals surface area contributed by atoms with Crippen LogP contribution < -0.4 is 0 Å². The van der Waals surface area contributed by atoms with Crippen LogP contribution in [-0.2, 0) is 0 Å². The van der Waals surface area contributed by atoms with E-state index in [9.17, 15) is 5.11 Å². The molecule has 2 rings (SSSR count). The molecule has 2 aliphatic carbocycles. The molecule has 1 N–H and O–H groups in total. The van der Waals surface area contributed by atoms with Crippen molar-refractivity contribution < 1.29 is 5.11 Å². The molecule has 0 radical (unpaired) electrons. The molecule has 1 fully saturated rings. The Balaban J connectivity index is 2.08. The van der Waals surface area contributed by atoms with E-state index in [0.717, 1.165) is 6.42 Å². The van der Waals surface area contributed by atoms with Gasteiger partial charge in [0.1, 0.15) is 0 Å². The molecule has 2 aliphatic rings. The van der Waals surface area contributed by atoms with Gasteiger partial charge in [0, 0.05) is 0 Å². The largest absolute Gasteiger partial charge is 0.393 e. The maximum atomic E-state index is 9.67. The molecule has 1 saturated carbocycles. The highest BCUT2D eigenvalue weighted by Crippen LogP contribution is 2.36. The van der Waals surface area contributed by atoms with Gasteiger partial charge in [0.2, 0.25) is 0 Å². The molecule has 62 valence electrons. The predicted octanol–water partition coefficient (Wildman–Crippen LogP) is 2.11. The molecule has 0 bridgehead atoms. The second-order valence-electron chi connectivity index (χ2n) is 3.83. The first-order valence-corrected chi connectivity index (χ1v) is 4.72. The molecule has 0 heterocycles. The average Bonchev–Trinajstić information content (AvgIpc) is 2.06. The molecule has 0 amide bonds. The van der Waals surface area contributed by atoms with Crippen molar-refractivity contribution >= 4 is 0 Å². The van der Waals surface area contributed by atoms with Gasteiger partial charge in [-0.05, 0) is 37.5 Å². The summed E-state index contributed by atoms with van der Waals surface area (Å²) in [6.07, 6.45) is 10.5. The van der Waals surface area contributed by atoms with Crippen LogP contribution in [0.25, 0.3) is 0 Å². The highest BCUT2D eigenvalue weighted by atomic mass is 16.3. The van der Waals surface area contributed by atoms with Crippen molar-refractivity contribution in [2.75, 3.05) is 0 Å². The Bertz CT molecular complexity index is 162. The second-order valence-corrected chi connectivity index (χ2v) is 3.83. The lowest BCUT2D eigenvalue weighted by atomic mass is 9.72. The molecule has 0 aromatic rings. The highest BCUT2D eigenvalue weighted by molar-refractivity contribution is 5.00. The van der Waals surface area contributed by atoms with Crippen molar-refractivity contribution in [1.29, 1.82) is 0 Å². The molecule has 3 atom stereocenters. The van der Waals surface area contributed by atoms with Crippen molar-refractivity contribution in [3.63, 3.8) is 0 Å². The smallest absolute Gasteiger partial charge is 0.0574 e. The summed E-state index contributed by atoms with van der Waals surface area (Å²) in [5, 5.41) is 9.67. The van der Waals surface area contributed by atoms with Gasteiger partial charge in [-0.25, -0.2) is 0 Å². The van der Waals surface area contributed by atoms with Gasteiger partial charge in [-0.15, -0.1) is 0 Å². The third-order valence-corrected chi connectivity index (χ3v) is 3.13. The monoisotopic (exact) mass is 152 g/mol. The number of fused-ring (bicyclic) bond motifs is 1. The molecule has 11 heavy (non-hydrogen) atoms. The van der Waals surface area contributed by atoms with Crippen LogP contribution in [0.4, 0.5) is 0 Å². The first-order valence-electron chi connectivity index (χ1n) is 4.72. The maximum absolute atomic E-state index is 9.67. The quantitative estimate of drug-likeness (QED) is 0.527. The van der Waals surface area contributed by atoms with Crippen LogP contribution in [0.15, 0.2) is 12.2 Å². The summed E-state index contributed by atoms with van der Waals surface area (Å²) in [7, 11) is 0. The van der Waals surface area contributed by atoms with Gasteiger partial charge in [0.25, 0.3) is 0 Å². The molecule has 0 spiro atoms. The Kier molecular flexibility index (Phi) is 1.99. The lowest BCUT2D eigenvalue weighted by Gasteiger charge is -2.35. The first-order chi connectivity index (χ1) is 5.38. The lowest BCUT2D eigenvalue weighted by Crippen LogP contribution is -2.32. The number of aliphatic hydroxyl groups is 1. The summed E-state index contributed by atoms with van der Waals surface area (Å²) in [5.41, 5.74) is 0. The Hall–Kier alpha value is -0.300. The molecule has 1 heteroatoms. The summed E-state index contributed by atoms with van der Waals surface area (Å²) in [6, 6.07) is 0. The topological polar surface area (TPSA) is 20.2 Å². The zero-order valence-electron chi connectivity index (χ0n) is 6.87. The first kappa shape index (κ1) is 7.35. The van der Waals surface area contributed by atoms with E-state index in [0.29, 0.717) is 11.8 Å². The predicted molar refractivity (Wildman–Crippen MR) is 45.2 cm³/mol. The average molecular weight is 152 g/mol. The fourth-order valence-corrected chi connectivity index (χ4v) is 2.48. The minimum atomic E-state index is -0.00120. The molecule has 1 nitrogen and oxygen atoms in total. The maximum Gasteiger partial charge on any atom is 0.0574 e. The van der Waals surface area contributed by atoms with Crippen molar-refractivity contribution in [2.24, 2.45) is 11.8 Å². The van der Waals surface area contributed by atoms with E-state index >= 15 is 0 Å². The van der Waals surface area contributed by atoms with E-state index in [-0.39, 0.29) is 6.10 Å². The number of allylic oxidation sites excluding steroid dienone is 2. The van der Waals surface area contributed by atoms with E-state index in [2.05, 4.69) is 12.2 Å². The van der Waals surface area contributed by atoms with Gasteiger partial charge in [0.05, 0.1) is 6.10 Å². The van der Waals surface area contributed by atoms with Crippen molar-refractivity contribution in [3.8, 4) is 0 Å². The van der Waals surface area contributed by atoms with E-state index < -0.39 is 0 Å². The third-order valence-electron chi connectivity index (χ3n) is 3.13. The number of rotatable bonds is 0. The van der Waals surface area contributed by atoms with Crippen molar-refractivity contribution in [2.45, 2.75) is 38.2 Å². The Morgan fingerprint density at radius 2 is 2.09 bits per heavy atom. The summed E-state index contributed by atoms with van der Waals surface area (Å²) < 4.78 is 0. The molecule has 0 aliphatic heterocycles. The van der Waals surface area contributed by atoms with Crippen LogP contribution in [0.3, 0.4) is 0 Å². The van der Waals surface area contributed by atoms with Crippen LogP contribution in [0.5, 0.6) is 0 Å². The van der Waals surface area contributed by atoms with Crippen LogP contribution in [0.1, 0.15) is 32.1 Å². The Labute approximate surface area is 68.1 Å². The molecule has 3 unspecified atom stereocenters. The van der Waals surface area contributed by atoms with Gasteiger partial charge in [0.15, 0.2) is 0 Å². The summed E-state index contributed by atoms with van der Waals surface area (Å²) in [4.78, 5) is 0. The van der Waals surface area contributed by atoms with E-state index in [1.165, 1.54) is 25.7 Å². The zero-order chi connectivity index (χ0) is 7.68. The van der Waals surface area contributed by atoms with E-state index in [4.69, 9.17) is 0 Å². The Morgan fingerprint density at radius 3 is 2.91 bits per heavy atom. The van der Waals surface area contributed by atoms with Crippen LogP contribution in [0.2, 0.25) is 0 Å². The van der Waals surface area contributed by atoms with Crippen molar-refractivity contribution in [3.05, 3.63) is 12.2 Å². The molecular weight excluding hydrogens is 136 g/mol. The van der Waals surface area contributed by atoms with Gasteiger partial charge < -0.3 is 5.11 Å². The van der Waals surface area contributed by atoms with Crippen LogP contribution in [-0.4, -0.2) is 11.2 Å². The van der Waals surface area contributed by atoms with Gasteiger partial charge in [-0.1, -0.05) is 18.6 Å². The van der Waals surface area contributed by atoms with E-state index in [1.54, 1.807) is 0 Å². The summed E-state index contributed by atoms with van der Waals surface area (Å²) >= 11 is 0. The van der Waals surface area contributed by atoms with E-state index in [1.807, 2.05) is 0 Å². The molecule has 0 saturated heterocycles. The third kappa shape index (κ3) is 1.34. The van der Waals surface area contributed by atoms with Gasteiger partial charge in [-0.3, -0.25) is 0 Å². The number of hydrogen-bond acceptors (Lipinski definition) is 1. The molecular formula is C10H16O. The highest BCUT2D eigenvalue weighted by Gasteiger charge is 2.31. The normalized spacial score (nSPS) is 43.5. The number of hydrogen-bond donors (Lipinski definition) is 1. The summed E-state index contributed by atoms with van der Waals surface area (Å²) in [6.45, 7) is 0. The Morgan fingerprint density at radius 1 is 1.18 bits per heavy atom. The molecule has 0 aromatic carbocycles. The lowest BCUT2D eigenvalue weighted by molar-refractivity contribution is 0.0397. The standard InChI is InChI=1S/C10H16O/c11-10-7-3-5-8-4-1-2-6-9(8)10/h1,4,8-11H,2-3,5-7H2. The van der Waals surface area contributed by atoms with Crippen molar-refractivity contribution in [1.82, 2.24) is 0 Å². The minimum Gasteiger partial charge on any atom is -0.393 e.